The number of hydrogen-bond acceptors (Lipinski definition) is 2. The van der Waals surface area contributed by atoms with Crippen molar-refractivity contribution in [2.75, 3.05) is 7.11 Å². The minimum Gasteiger partial charge on any atom is -0.390 e. The van der Waals surface area contributed by atoms with Crippen LogP contribution >= 0.6 is 0 Å². The van der Waals surface area contributed by atoms with Gasteiger partial charge in [0.05, 0.1) is 6.10 Å². The molecular weight excluding hydrogens is 200 g/mol. The summed E-state index contributed by atoms with van der Waals surface area (Å²) in [6, 6.07) is 9.90. The summed E-state index contributed by atoms with van der Waals surface area (Å²) in [4.78, 5) is 0. The Morgan fingerprint density at radius 1 is 1.25 bits per heavy atom. The lowest BCUT2D eigenvalue weighted by atomic mass is 9.94. The summed E-state index contributed by atoms with van der Waals surface area (Å²) in [6.07, 6.45) is 1.23. The molecule has 90 valence electrons. The Morgan fingerprint density at radius 3 is 2.38 bits per heavy atom. The van der Waals surface area contributed by atoms with Crippen molar-refractivity contribution in [3.05, 3.63) is 35.9 Å². The maximum absolute atomic E-state index is 10.1. The highest BCUT2D eigenvalue weighted by Crippen LogP contribution is 2.25. The first-order chi connectivity index (χ1) is 7.69. The third-order valence-electron chi connectivity index (χ3n) is 3.07. The summed E-state index contributed by atoms with van der Waals surface area (Å²) >= 11 is 0. The van der Waals surface area contributed by atoms with Gasteiger partial charge in [0.25, 0.3) is 0 Å². The number of benzene rings is 1. The molecule has 0 aliphatic heterocycles. The average molecular weight is 222 g/mol. The fourth-order valence-corrected chi connectivity index (χ4v) is 1.86. The van der Waals surface area contributed by atoms with Crippen molar-refractivity contribution in [1.82, 2.24) is 0 Å². The van der Waals surface area contributed by atoms with E-state index in [0.29, 0.717) is 5.92 Å². The number of rotatable bonds is 6. The van der Waals surface area contributed by atoms with E-state index in [4.69, 9.17) is 4.74 Å². The van der Waals surface area contributed by atoms with Gasteiger partial charge in [-0.25, -0.2) is 0 Å². The second-order valence-electron chi connectivity index (χ2n) is 4.38. The lowest BCUT2D eigenvalue weighted by Gasteiger charge is -2.24. The van der Waals surface area contributed by atoms with Crippen molar-refractivity contribution in [1.29, 1.82) is 0 Å². The molecule has 0 aliphatic carbocycles. The quantitative estimate of drug-likeness (QED) is 0.801. The molecule has 0 heterocycles. The third-order valence-corrected chi connectivity index (χ3v) is 3.07. The number of hydrogen-bond donors (Lipinski definition) is 1. The fraction of sp³-hybridized carbons (Fsp3) is 0.571. The third kappa shape index (κ3) is 3.62. The highest BCUT2D eigenvalue weighted by Gasteiger charge is 2.21. The number of aliphatic hydroxyl groups is 1. The summed E-state index contributed by atoms with van der Waals surface area (Å²) in [5.41, 5.74) is 1.04. The molecule has 0 spiro atoms. The van der Waals surface area contributed by atoms with Crippen LogP contribution in [-0.4, -0.2) is 18.3 Å². The maximum Gasteiger partial charge on any atom is 0.108 e. The summed E-state index contributed by atoms with van der Waals surface area (Å²) in [6.45, 7) is 4.29. The molecule has 2 heteroatoms. The normalized spacial score (nSPS) is 16.8. The van der Waals surface area contributed by atoms with Crippen LogP contribution in [0.15, 0.2) is 30.3 Å². The van der Waals surface area contributed by atoms with Gasteiger partial charge in [0.2, 0.25) is 0 Å². The Labute approximate surface area is 98.3 Å². The Bertz CT molecular complexity index is 284. The Kier molecular flexibility index (Phi) is 5.50. The molecular formula is C14H22O2. The number of methoxy groups -OCH3 is 1. The van der Waals surface area contributed by atoms with Gasteiger partial charge in [-0.05, 0) is 17.9 Å². The molecule has 3 atom stereocenters. The minimum absolute atomic E-state index is 0.213. The topological polar surface area (TPSA) is 29.5 Å². The molecule has 1 N–H and O–H groups in total. The zero-order valence-corrected chi connectivity index (χ0v) is 10.4. The largest absolute Gasteiger partial charge is 0.390 e. The molecule has 0 fully saturated rings. The van der Waals surface area contributed by atoms with E-state index in [9.17, 15) is 5.11 Å². The second kappa shape index (κ2) is 6.66. The zero-order chi connectivity index (χ0) is 12.0. The van der Waals surface area contributed by atoms with Crippen molar-refractivity contribution in [3.63, 3.8) is 0 Å². The van der Waals surface area contributed by atoms with Crippen molar-refractivity contribution >= 4 is 0 Å². The van der Waals surface area contributed by atoms with E-state index in [1.54, 1.807) is 7.11 Å². The van der Waals surface area contributed by atoms with Crippen molar-refractivity contribution in [2.45, 2.75) is 38.9 Å². The van der Waals surface area contributed by atoms with Crippen LogP contribution < -0.4 is 0 Å². The molecule has 16 heavy (non-hydrogen) atoms. The van der Waals surface area contributed by atoms with Gasteiger partial charge in [-0.3, -0.25) is 0 Å². The maximum atomic E-state index is 10.1. The molecule has 0 saturated heterocycles. The van der Waals surface area contributed by atoms with Crippen LogP contribution in [0.1, 0.15) is 38.4 Å². The molecule has 0 aromatic heterocycles. The summed E-state index contributed by atoms with van der Waals surface area (Å²) in [5.74, 6) is 0.524. The van der Waals surface area contributed by atoms with E-state index >= 15 is 0 Å². The van der Waals surface area contributed by atoms with Crippen LogP contribution in [0.2, 0.25) is 0 Å². The number of ether oxygens (including phenoxy) is 1. The van der Waals surface area contributed by atoms with Crippen LogP contribution in [0.25, 0.3) is 0 Å². The highest BCUT2D eigenvalue weighted by atomic mass is 16.5. The Hall–Kier alpha value is -0.860. The van der Waals surface area contributed by atoms with Gasteiger partial charge in [-0.15, -0.1) is 0 Å². The Balaban J connectivity index is 2.67. The fourth-order valence-electron chi connectivity index (χ4n) is 1.86. The van der Waals surface area contributed by atoms with E-state index in [2.05, 4.69) is 13.8 Å². The second-order valence-corrected chi connectivity index (χ2v) is 4.38. The molecule has 0 saturated carbocycles. The summed E-state index contributed by atoms with van der Waals surface area (Å²) < 4.78 is 5.39. The smallest absolute Gasteiger partial charge is 0.108 e. The predicted molar refractivity (Wildman–Crippen MR) is 66.3 cm³/mol. The van der Waals surface area contributed by atoms with E-state index in [1.165, 1.54) is 0 Å². The van der Waals surface area contributed by atoms with Gasteiger partial charge < -0.3 is 9.84 Å². The molecule has 2 nitrogen and oxygen atoms in total. The van der Waals surface area contributed by atoms with Gasteiger partial charge in [-0.2, -0.15) is 0 Å². The monoisotopic (exact) mass is 222 g/mol. The first-order valence-electron chi connectivity index (χ1n) is 5.94. The van der Waals surface area contributed by atoms with Crippen molar-refractivity contribution in [3.8, 4) is 0 Å². The first-order valence-corrected chi connectivity index (χ1v) is 5.94. The van der Waals surface area contributed by atoms with Crippen molar-refractivity contribution in [2.24, 2.45) is 5.92 Å². The van der Waals surface area contributed by atoms with Crippen LogP contribution in [0.5, 0.6) is 0 Å². The molecule has 0 aliphatic rings. The lowest BCUT2D eigenvalue weighted by Crippen LogP contribution is -2.22. The van der Waals surface area contributed by atoms with E-state index in [0.717, 1.165) is 18.4 Å². The minimum atomic E-state index is -0.428. The predicted octanol–water partition coefficient (Wildman–Crippen LogP) is 3.17. The van der Waals surface area contributed by atoms with Crippen LogP contribution in [0, 0.1) is 5.92 Å². The van der Waals surface area contributed by atoms with Gasteiger partial charge in [0.15, 0.2) is 0 Å². The van der Waals surface area contributed by atoms with E-state index in [-0.39, 0.29) is 6.10 Å². The molecule has 1 aromatic rings. The summed E-state index contributed by atoms with van der Waals surface area (Å²) in [7, 11) is 1.65. The van der Waals surface area contributed by atoms with Crippen LogP contribution in [-0.2, 0) is 4.74 Å². The van der Waals surface area contributed by atoms with Crippen LogP contribution in [0.3, 0.4) is 0 Å². The standard InChI is InChI=1S/C14H22O2/c1-4-11(2)10-13(15)14(16-3)12-8-6-5-7-9-12/h5-9,11,13-15H,4,10H2,1-3H3. The van der Waals surface area contributed by atoms with Crippen LogP contribution in [0.4, 0.5) is 0 Å². The zero-order valence-electron chi connectivity index (χ0n) is 10.4. The molecule has 1 rings (SSSR count). The van der Waals surface area contributed by atoms with Gasteiger partial charge in [0.1, 0.15) is 6.10 Å². The van der Waals surface area contributed by atoms with Gasteiger partial charge >= 0.3 is 0 Å². The SMILES string of the molecule is CCC(C)CC(O)C(OC)c1ccccc1. The van der Waals surface area contributed by atoms with Gasteiger partial charge in [-0.1, -0.05) is 50.6 Å². The molecule has 0 amide bonds. The Morgan fingerprint density at radius 2 is 1.88 bits per heavy atom. The van der Waals surface area contributed by atoms with Gasteiger partial charge in [0, 0.05) is 7.11 Å². The van der Waals surface area contributed by atoms with E-state index in [1.807, 2.05) is 30.3 Å². The summed E-state index contributed by atoms with van der Waals surface area (Å²) in [5, 5.41) is 10.1. The molecule has 3 unspecified atom stereocenters. The average Bonchev–Trinajstić information content (AvgIpc) is 2.31. The molecule has 0 bridgehead atoms. The molecule has 1 aromatic carbocycles. The lowest BCUT2D eigenvalue weighted by molar-refractivity contribution is -0.0239. The highest BCUT2D eigenvalue weighted by molar-refractivity contribution is 5.18. The molecule has 0 radical (unpaired) electrons. The first kappa shape index (κ1) is 13.2. The van der Waals surface area contributed by atoms with Crippen molar-refractivity contribution < 1.29 is 9.84 Å². The number of aliphatic hydroxyl groups excluding tert-OH is 1. The van der Waals surface area contributed by atoms with E-state index < -0.39 is 6.10 Å².